The maximum Gasteiger partial charge on any atom is 0.346 e. The number of carbonyl (C=O) groups excluding carboxylic acids is 2. The Kier molecular flexibility index (Phi) is 5.15. The summed E-state index contributed by atoms with van der Waals surface area (Å²) in [5.41, 5.74) is -0.246. The molecule has 0 radical (unpaired) electrons. The van der Waals surface area contributed by atoms with Crippen molar-refractivity contribution < 1.29 is 9.59 Å². The first-order chi connectivity index (χ1) is 9.16. The lowest BCUT2D eigenvalue weighted by atomic mass is 9.96. The standard InChI is InChI=1S/C12H21N5O2S/c1-12(2,3)9-13-10(20-8-16(6)7-18)17(14-9)11(19)15(4)5/h7H,8H2,1-6H3. The molecule has 0 aliphatic carbocycles. The first kappa shape index (κ1) is 16.5. The third-order valence-corrected chi connectivity index (χ3v) is 3.45. The Morgan fingerprint density at radius 3 is 2.40 bits per heavy atom. The summed E-state index contributed by atoms with van der Waals surface area (Å²) in [6.07, 6.45) is 0.728. The molecule has 1 aromatic heterocycles. The van der Waals surface area contributed by atoms with Crippen molar-refractivity contribution in [3.05, 3.63) is 5.82 Å². The van der Waals surface area contributed by atoms with E-state index in [4.69, 9.17) is 0 Å². The van der Waals surface area contributed by atoms with Crippen molar-refractivity contribution in [1.29, 1.82) is 0 Å². The molecule has 7 nitrogen and oxygen atoms in total. The Morgan fingerprint density at radius 2 is 1.95 bits per heavy atom. The average Bonchev–Trinajstić information content (AvgIpc) is 2.78. The summed E-state index contributed by atoms with van der Waals surface area (Å²) >= 11 is 1.30. The summed E-state index contributed by atoms with van der Waals surface area (Å²) in [6, 6.07) is -0.260. The molecule has 1 rings (SSSR count). The number of hydrogen-bond donors (Lipinski definition) is 0. The minimum atomic E-state index is -0.260. The van der Waals surface area contributed by atoms with E-state index in [9.17, 15) is 9.59 Å². The van der Waals surface area contributed by atoms with Crippen LogP contribution in [0.1, 0.15) is 26.6 Å². The molecule has 8 heteroatoms. The van der Waals surface area contributed by atoms with Gasteiger partial charge in [0.2, 0.25) is 6.41 Å². The highest BCUT2D eigenvalue weighted by atomic mass is 32.2. The van der Waals surface area contributed by atoms with Gasteiger partial charge in [0.05, 0.1) is 5.88 Å². The molecule has 0 fully saturated rings. The van der Waals surface area contributed by atoms with Crippen molar-refractivity contribution in [3.63, 3.8) is 0 Å². The normalized spacial score (nSPS) is 11.3. The lowest BCUT2D eigenvalue weighted by Crippen LogP contribution is -2.29. The zero-order valence-corrected chi connectivity index (χ0v) is 13.6. The van der Waals surface area contributed by atoms with E-state index in [1.165, 1.54) is 26.2 Å². The predicted octanol–water partition coefficient (Wildman–Crippen LogP) is 1.24. The molecule has 112 valence electrons. The van der Waals surface area contributed by atoms with Crippen LogP contribution in [0.4, 0.5) is 4.79 Å². The van der Waals surface area contributed by atoms with Gasteiger partial charge >= 0.3 is 6.03 Å². The highest BCUT2D eigenvalue weighted by Gasteiger charge is 2.25. The Labute approximate surface area is 123 Å². The zero-order chi connectivity index (χ0) is 15.5. The van der Waals surface area contributed by atoms with Gasteiger partial charge in [0.15, 0.2) is 11.0 Å². The summed E-state index contributed by atoms with van der Waals surface area (Å²) in [4.78, 5) is 30.0. The number of nitrogens with zero attached hydrogens (tertiary/aromatic N) is 5. The van der Waals surface area contributed by atoms with E-state index in [0.717, 1.165) is 6.41 Å². The second kappa shape index (κ2) is 6.25. The van der Waals surface area contributed by atoms with Crippen LogP contribution in [-0.2, 0) is 10.2 Å². The van der Waals surface area contributed by atoms with Crippen LogP contribution in [-0.4, -0.2) is 64.0 Å². The molecular formula is C12H21N5O2S. The highest BCUT2D eigenvalue weighted by molar-refractivity contribution is 7.99. The molecule has 0 aliphatic heterocycles. The molecule has 0 unspecified atom stereocenters. The van der Waals surface area contributed by atoms with Gasteiger partial charge < -0.3 is 9.80 Å². The number of thioether (sulfide) groups is 1. The summed E-state index contributed by atoms with van der Waals surface area (Å²) in [7, 11) is 4.98. The summed E-state index contributed by atoms with van der Waals surface area (Å²) in [5.74, 6) is 1.01. The SMILES string of the molecule is CN(C=O)CSc1nc(C(C)(C)C)nn1C(=O)N(C)C. The minimum Gasteiger partial charge on any atom is -0.339 e. The van der Waals surface area contributed by atoms with E-state index in [2.05, 4.69) is 10.1 Å². The van der Waals surface area contributed by atoms with Gasteiger partial charge in [-0.3, -0.25) is 4.79 Å². The molecule has 0 aliphatic rings. The van der Waals surface area contributed by atoms with E-state index in [0.29, 0.717) is 16.9 Å². The third-order valence-electron chi connectivity index (χ3n) is 2.39. The quantitative estimate of drug-likeness (QED) is 0.475. The van der Waals surface area contributed by atoms with Gasteiger partial charge in [-0.1, -0.05) is 32.5 Å². The van der Waals surface area contributed by atoms with E-state index in [-0.39, 0.29) is 11.4 Å². The highest BCUT2D eigenvalue weighted by Crippen LogP contribution is 2.23. The van der Waals surface area contributed by atoms with Crippen molar-refractivity contribution in [1.82, 2.24) is 24.6 Å². The summed E-state index contributed by atoms with van der Waals surface area (Å²) in [6.45, 7) is 5.95. The van der Waals surface area contributed by atoms with E-state index in [1.807, 2.05) is 20.8 Å². The van der Waals surface area contributed by atoms with Crippen LogP contribution in [0.3, 0.4) is 0 Å². The fourth-order valence-electron chi connectivity index (χ4n) is 1.21. The van der Waals surface area contributed by atoms with Crippen LogP contribution in [0.25, 0.3) is 0 Å². The molecule has 0 atom stereocenters. The van der Waals surface area contributed by atoms with Gasteiger partial charge in [-0.15, -0.1) is 5.10 Å². The van der Waals surface area contributed by atoms with Crippen molar-refractivity contribution >= 4 is 24.2 Å². The first-order valence-electron chi connectivity index (χ1n) is 6.14. The Bertz CT molecular complexity index is 493. The van der Waals surface area contributed by atoms with Gasteiger partial charge in [0.1, 0.15) is 0 Å². The smallest absolute Gasteiger partial charge is 0.339 e. The molecule has 2 amide bonds. The predicted molar refractivity (Wildman–Crippen MR) is 77.8 cm³/mol. The minimum absolute atomic E-state index is 0.246. The maximum atomic E-state index is 12.1. The summed E-state index contributed by atoms with van der Waals surface area (Å²) in [5, 5.41) is 4.78. The molecule has 1 heterocycles. The lowest BCUT2D eigenvalue weighted by molar-refractivity contribution is -0.116. The van der Waals surface area contributed by atoms with Crippen molar-refractivity contribution in [3.8, 4) is 0 Å². The van der Waals surface area contributed by atoms with Crippen molar-refractivity contribution in [2.75, 3.05) is 27.0 Å². The van der Waals surface area contributed by atoms with Crippen LogP contribution in [0.5, 0.6) is 0 Å². The average molecular weight is 299 g/mol. The van der Waals surface area contributed by atoms with Crippen LogP contribution in [0.15, 0.2) is 5.16 Å². The first-order valence-corrected chi connectivity index (χ1v) is 7.13. The van der Waals surface area contributed by atoms with Crippen LogP contribution < -0.4 is 0 Å². The monoisotopic (exact) mass is 299 g/mol. The largest absolute Gasteiger partial charge is 0.346 e. The van der Waals surface area contributed by atoms with E-state index >= 15 is 0 Å². The lowest BCUT2D eigenvalue weighted by Gasteiger charge is -2.13. The van der Waals surface area contributed by atoms with Crippen LogP contribution in [0, 0.1) is 0 Å². The molecule has 1 aromatic rings. The second-order valence-electron chi connectivity index (χ2n) is 5.69. The van der Waals surface area contributed by atoms with Gasteiger partial charge in [0, 0.05) is 26.6 Å². The summed E-state index contributed by atoms with van der Waals surface area (Å²) < 4.78 is 1.28. The number of rotatable bonds is 4. The fraction of sp³-hybridized carbons (Fsp3) is 0.667. The number of aromatic nitrogens is 3. The third kappa shape index (κ3) is 3.96. The second-order valence-corrected chi connectivity index (χ2v) is 6.60. The van der Waals surface area contributed by atoms with Gasteiger partial charge in [-0.05, 0) is 0 Å². The van der Waals surface area contributed by atoms with E-state index in [1.54, 1.807) is 21.1 Å². The molecule has 0 aromatic carbocycles. The Balaban J connectivity index is 3.09. The molecule has 0 N–H and O–H groups in total. The molecule has 0 spiro atoms. The van der Waals surface area contributed by atoms with Crippen molar-refractivity contribution in [2.45, 2.75) is 31.3 Å². The van der Waals surface area contributed by atoms with Gasteiger partial charge in [0.25, 0.3) is 0 Å². The molecule has 0 saturated heterocycles. The number of amides is 2. The van der Waals surface area contributed by atoms with Gasteiger partial charge in [-0.25, -0.2) is 9.78 Å². The zero-order valence-electron chi connectivity index (χ0n) is 12.7. The molecular weight excluding hydrogens is 278 g/mol. The topological polar surface area (TPSA) is 71.3 Å². The molecule has 0 saturated carbocycles. The van der Waals surface area contributed by atoms with Crippen molar-refractivity contribution in [2.24, 2.45) is 0 Å². The Hall–Kier alpha value is -1.57. The van der Waals surface area contributed by atoms with E-state index < -0.39 is 0 Å². The number of carbonyl (C=O) groups is 2. The maximum absolute atomic E-state index is 12.1. The fourth-order valence-corrected chi connectivity index (χ4v) is 1.99. The Morgan fingerprint density at radius 1 is 1.35 bits per heavy atom. The number of hydrogen-bond acceptors (Lipinski definition) is 5. The van der Waals surface area contributed by atoms with Crippen LogP contribution >= 0.6 is 11.8 Å². The molecule has 20 heavy (non-hydrogen) atoms. The van der Waals surface area contributed by atoms with Gasteiger partial charge in [-0.2, -0.15) is 4.68 Å². The molecule has 0 bridgehead atoms. The van der Waals surface area contributed by atoms with Crippen LogP contribution in [0.2, 0.25) is 0 Å².